The zero-order valence-electron chi connectivity index (χ0n) is 6.24. The van der Waals surface area contributed by atoms with Crippen molar-refractivity contribution in [2.45, 2.75) is 19.6 Å². The molecular formula is C7H9NO3. The van der Waals surface area contributed by atoms with Crippen LogP contribution in [0.3, 0.4) is 0 Å². The van der Waals surface area contributed by atoms with Crippen LogP contribution in [0, 0.1) is 11.5 Å². The Kier molecular flexibility index (Phi) is 4.58. The molecule has 0 radical (unpaired) electrons. The number of rotatable bonds is 4. The van der Waals surface area contributed by atoms with E-state index >= 15 is 0 Å². The van der Waals surface area contributed by atoms with Crippen LogP contribution in [0.25, 0.3) is 0 Å². The molecule has 0 saturated carbocycles. The second kappa shape index (κ2) is 5.30. The first-order valence-corrected chi connectivity index (χ1v) is 3.12. The number of ether oxygens (including phenoxy) is 2. The van der Waals surface area contributed by atoms with Crippen molar-refractivity contribution >= 4 is 5.97 Å². The zero-order chi connectivity index (χ0) is 8.69. The van der Waals surface area contributed by atoms with Crippen LogP contribution in [0.15, 0.2) is 12.7 Å². The fourth-order valence-electron chi connectivity index (χ4n) is 0.427. The lowest BCUT2D eigenvalue weighted by Crippen LogP contribution is -2.17. The Morgan fingerprint density at radius 1 is 1.91 bits per heavy atom. The van der Waals surface area contributed by atoms with Gasteiger partial charge in [0, 0.05) is 12.5 Å². The first-order valence-electron chi connectivity index (χ1n) is 3.12. The molecule has 0 saturated heterocycles. The monoisotopic (exact) mass is 155 g/mol. The van der Waals surface area contributed by atoms with Gasteiger partial charge in [-0.25, -0.2) is 4.79 Å². The lowest BCUT2D eigenvalue weighted by molar-refractivity contribution is -0.161. The molecule has 0 aromatic heterocycles. The lowest BCUT2D eigenvalue weighted by atomic mass is 10.5. The summed E-state index contributed by atoms with van der Waals surface area (Å²) in [6.07, 6.45) is 2.10. The molecular weight excluding hydrogens is 146 g/mol. The average Bonchev–Trinajstić information content (AvgIpc) is 2.03. The van der Waals surface area contributed by atoms with Gasteiger partial charge in [0.25, 0.3) is 12.5 Å². The van der Waals surface area contributed by atoms with Crippen molar-refractivity contribution in [2.75, 3.05) is 0 Å². The molecule has 0 rings (SSSR count). The van der Waals surface area contributed by atoms with Gasteiger partial charge in [-0.3, -0.25) is 0 Å². The van der Waals surface area contributed by atoms with E-state index in [1.54, 1.807) is 6.92 Å². The van der Waals surface area contributed by atoms with E-state index in [1.165, 1.54) is 6.26 Å². The van der Waals surface area contributed by atoms with E-state index in [0.717, 1.165) is 6.08 Å². The number of carbonyl (C=O) groups excluding carboxylic acids is 1. The molecule has 0 aromatic rings. The van der Waals surface area contributed by atoms with Gasteiger partial charge >= 0.3 is 5.97 Å². The lowest BCUT2D eigenvalue weighted by Gasteiger charge is -2.10. The molecule has 0 aliphatic heterocycles. The molecule has 1 unspecified atom stereocenters. The normalized spacial score (nSPS) is 10.9. The van der Waals surface area contributed by atoms with Crippen molar-refractivity contribution in [3.05, 3.63) is 12.7 Å². The topological polar surface area (TPSA) is 59.3 Å². The number of hydrogen-bond acceptors (Lipinski definition) is 4. The summed E-state index contributed by atoms with van der Waals surface area (Å²) in [7, 11) is 0. The van der Waals surface area contributed by atoms with Crippen LogP contribution < -0.4 is 0 Å². The number of hydrogen-bond donors (Lipinski definition) is 0. The number of nitriles is 1. The molecule has 0 aliphatic rings. The van der Waals surface area contributed by atoms with Gasteiger partial charge in [0.2, 0.25) is 0 Å². The van der Waals surface area contributed by atoms with Crippen LogP contribution in [0.1, 0.15) is 13.3 Å². The van der Waals surface area contributed by atoms with Gasteiger partial charge in [-0.2, -0.15) is 5.26 Å². The van der Waals surface area contributed by atoms with Gasteiger partial charge in [-0.15, -0.1) is 0 Å². The van der Waals surface area contributed by atoms with Crippen LogP contribution >= 0.6 is 0 Å². The molecule has 0 heterocycles. The van der Waals surface area contributed by atoms with Gasteiger partial charge in [-0.1, -0.05) is 13.5 Å². The summed E-state index contributed by atoms with van der Waals surface area (Å²) in [6.45, 7) is 4.93. The largest absolute Gasteiger partial charge is 0.421 e. The highest BCUT2D eigenvalue weighted by atomic mass is 16.7. The Bertz CT molecular complexity index is 183. The quantitative estimate of drug-likeness (QED) is 0.262. The highest BCUT2D eigenvalue weighted by Crippen LogP contribution is 1.99. The van der Waals surface area contributed by atoms with Crippen LogP contribution in [-0.4, -0.2) is 12.3 Å². The molecule has 1 atom stereocenters. The van der Waals surface area contributed by atoms with Crippen LogP contribution in [0.2, 0.25) is 0 Å². The van der Waals surface area contributed by atoms with Crippen molar-refractivity contribution < 1.29 is 14.3 Å². The Balaban J connectivity index is 3.78. The van der Waals surface area contributed by atoms with Crippen LogP contribution in [-0.2, 0) is 14.3 Å². The Morgan fingerprint density at radius 2 is 2.55 bits per heavy atom. The van der Waals surface area contributed by atoms with E-state index in [2.05, 4.69) is 16.1 Å². The van der Waals surface area contributed by atoms with E-state index in [9.17, 15) is 4.79 Å². The minimum absolute atomic E-state index is 0.438. The number of esters is 1. The SMILES string of the molecule is C=CC(=O)OC(CC)OC#N. The van der Waals surface area contributed by atoms with Gasteiger partial charge in [-0.05, 0) is 0 Å². The van der Waals surface area contributed by atoms with E-state index in [1.807, 2.05) is 0 Å². The maximum Gasteiger partial charge on any atom is 0.333 e. The molecule has 0 spiro atoms. The molecule has 0 aliphatic carbocycles. The molecule has 0 bridgehead atoms. The zero-order valence-corrected chi connectivity index (χ0v) is 6.24. The molecule has 0 fully saturated rings. The molecule has 60 valence electrons. The Hall–Kier alpha value is -1.50. The first kappa shape index (κ1) is 9.50. The highest BCUT2D eigenvalue weighted by molar-refractivity contribution is 5.81. The predicted octanol–water partition coefficient (Wildman–Crippen LogP) is 0.949. The van der Waals surface area contributed by atoms with Crippen molar-refractivity contribution in [1.29, 1.82) is 5.26 Å². The van der Waals surface area contributed by atoms with E-state index in [0.29, 0.717) is 6.42 Å². The third kappa shape index (κ3) is 3.98. The summed E-state index contributed by atoms with van der Waals surface area (Å²) >= 11 is 0. The van der Waals surface area contributed by atoms with Crippen molar-refractivity contribution in [2.24, 2.45) is 0 Å². The van der Waals surface area contributed by atoms with E-state index < -0.39 is 12.3 Å². The van der Waals surface area contributed by atoms with Crippen LogP contribution in [0.5, 0.6) is 0 Å². The molecule has 4 nitrogen and oxygen atoms in total. The van der Waals surface area contributed by atoms with Crippen molar-refractivity contribution in [3.63, 3.8) is 0 Å². The molecule has 0 N–H and O–H groups in total. The maximum absolute atomic E-state index is 10.5. The van der Waals surface area contributed by atoms with E-state index in [4.69, 9.17) is 5.26 Å². The molecule has 0 amide bonds. The van der Waals surface area contributed by atoms with Crippen molar-refractivity contribution in [1.82, 2.24) is 0 Å². The van der Waals surface area contributed by atoms with Gasteiger partial charge < -0.3 is 9.47 Å². The van der Waals surface area contributed by atoms with E-state index in [-0.39, 0.29) is 0 Å². The molecule has 0 aromatic carbocycles. The first-order chi connectivity index (χ1) is 5.24. The standard InChI is InChI=1S/C7H9NO3/c1-3-6(9)11-7(4-2)10-5-8/h3,7H,1,4H2,2H3. The highest BCUT2D eigenvalue weighted by Gasteiger charge is 2.09. The Morgan fingerprint density at radius 3 is 2.91 bits per heavy atom. The Labute approximate surface area is 65.0 Å². The fraction of sp³-hybridized carbons (Fsp3) is 0.429. The summed E-state index contributed by atoms with van der Waals surface area (Å²) in [5.41, 5.74) is 0. The van der Waals surface area contributed by atoms with Gasteiger partial charge in [0.05, 0.1) is 0 Å². The summed E-state index contributed by atoms with van der Waals surface area (Å²) in [4.78, 5) is 10.5. The third-order valence-electron chi connectivity index (χ3n) is 0.932. The van der Waals surface area contributed by atoms with Gasteiger partial charge in [0.1, 0.15) is 0 Å². The summed E-state index contributed by atoms with van der Waals surface area (Å²) in [6, 6.07) is 0. The maximum atomic E-state index is 10.5. The number of nitrogens with zero attached hydrogens (tertiary/aromatic N) is 1. The fourth-order valence-corrected chi connectivity index (χ4v) is 0.427. The average molecular weight is 155 g/mol. The minimum Gasteiger partial charge on any atom is -0.421 e. The van der Waals surface area contributed by atoms with Gasteiger partial charge in [0.15, 0.2) is 0 Å². The molecule has 4 heteroatoms. The summed E-state index contributed by atoms with van der Waals surface area (Å²) < 4.78 is 8.97. The summed E-state index contributed by atoms with van der Waals surface area (Å²) in [5.74, 6) is -0.591. The summed E-state index contributed by atoms with van der Waals surface area (Å²) in [5, 5.41) is 8.06. The second-order valence-electron chi connectivity index (χ2n) is 1.69. The van der Waals surface area contributed by atoms with Crippen LogP contribution in [0.4, 0.5) is 0 Å². The smallest absolute Gasteiger partial charge is 0.333 e. The minimum atomic E-state index is -0.787. The second-order valence-corrected chi connectivity index (χ2v) is 1.69. The number of carbonyl (C=O) groups is 1. The predicted molar refractivity (Wildman–Crippen MR) is 37.1 cm³/mol. The molecule has 11 heavy (non-hydrogen) atoms. The van der Waals surface area contributed by atoms with Crippen molar-refractivity contribution in [3.8, 4) is 6.26 Å². The third-order valence-corrected chi connectivity index (χ3v) is 0.932.